The molecule has 25 heavy (non-hydrogen) atoms. The molecule has 6 nitrogen and oxygen atoms in total. The standard InChI is InChI=1S/C18H23N3O3S/c1-11-13-15(19-10-20-16(13)25-14(11)17(23)24-2)21-8-4-7-18(9-21)6-3-5-12(18)22/h10,12,22H,3-9H2,1-2H3/t12-,18+/m1/s1. The molecule has 1 N–H and O–H groups in total. The van der Waals surface area contributed by atoms with Crippen molar-refractivity contribution in [2.24, 2.45) is 5.41 Å². The lowest BCUT2D eigenvalue weighted by atomic mass is 9.76. The van der Waals surface area contributed by atoms with Crippen LogP contribution < -0.4 is 4.90 Å². The van der Waals surface area contributed by atoms with Gasteiger partial charge in [0.1, 0.15) is 21.9 Å². The van der Waals surface area contributed by atoms with Crippen molar-refractivity contribution in [3.63, 3.8) is 0 Å². The van der Waals surface area contributed by atoms with E-state index in [1.54, 1.807) is 6.33 Å². The minimum absolute atomic E-state index is 0.00930. The van der Waals surface area contributed by atoms with E-state index in [9.17, 15) is 9.90 Å². The average molecular weight is 361 g/mol. The number of nitrogens with zero attached hydrogens (tertiary/aromatic N) is 3. The Bertz CT molecular complexity index is 821. The Morgan fingerprint density at radius 1 is 1.40 bits per heavy atom. The zero-order valence-corrected chi connectivity index (χ0v) is 15.4. The summed E-state index contributed by atoms with van der Waals surface area (Å²) in [7, 11) is 1.40. The van der Waals surface area contributed by atoms with E-state index in [0.717, 1.165) is 66.8 Å². The number of thiophene rings is 1. The lowest BCUT2D eigenvalue weighted by Crippen LogP contribution is -2.47. The molecule has 1 aliphatic carbocycles. The van der Waals surface area contributed by atoms with Gasteiger partial charge >= 0.3 is 5.97 Å². The van der Waals surface area contributed by atoms with E-state index in [1.807, 2.05) is 6.92 Å². The predicted molar refractivity (Wildman–Crippen MR) is 97.2 cm³/mol. The van der Waals surface area contributed by atoms with Crippen molar-refractivity contribution in [1.29, 1.82) is 0 Å². The average Bonchev–Trinajstić information content (AvgIpc) is 3.15. The lowest BCUT2D eigenvalue weighted by molar-refractivity contribution is 0.0408. The number of aliphatic hydroxyl groups excluding tert-OH is 1. The molecule has 3 heterocycles. The molecule has 0 unspecified atom stereocenters. The Balaban J connectivity index is 1.76. The molecule has 0 aromatic carbocycles. The highest BCUT2D eigenvalue weighted by molar-refractivity contribution is 7.20. The normalized spacial score (nSPS) is 26.5. The van der Waals surface area contributed by atoms with Crippen LogP contribution in [0.15, 0.2) is 6.33 Å². The minimum Gasteiger partial charge on any atom is -0.465 e. The first kappa shape index (κ1) is 16.7. The van der Waals surface area contributed by atoms with Gasteiger partial charge in [-0.3, -0.25) is 0 Å². The monoisotopic (exact) mass is 361 g/mol. The molecule has 0 radical (unpaired) electrons. The summed E-state index contributed by atoms with van der Waals surface area (Å²) in [6.45, 7) is 3.68. The number of aliphatic hydroxyl groups is 1. The maximum Gasteiger partial charge on any atom is 0.348 e. The van der Waals surface area contributed by atoms with E-state index in [0.29, 0.717) is 4.88 Å². The second-order valence-electron chi connectivity index (χ2n) is 7.22. The van der Waals surface area contributed by atoms with Crippen molar-refractivity contribution in [2.75, 3.05) is 25.1 Å². The van der Waals surface area contributed by atoms with E-state index in [4.69, 9.17) is 4.74 Å². The molecule has 134 valence electrons. The van der Waals surface area contributed by atoms with Gasteiger partial charge in [-0.2, -0.15) is 0 Å². The van der Waals surface area contributed by atoms with Gasteiger partial charge in [-0.15, -0.1) is 11.3 Å². The lowest BCUT2D eigenvalue weighted by Gasteiger charge is -2.43. The summed E-state index contributed by atoms with van der Waals surface area (Å²) in [6.07, 6.45) is 6.55. The highest BCUT2D eigenvalue weighted by atomic mass is 32.1. The molecule has 2 aromatic rings. The molecule has 1 saturated heterocycles. The Hall–Kier alpha value is -1.73. The number of aromatic nitrogens is 2. The van der Waals surface area contributed by atoms with E-state index in [1.165, 1.54) is 18.4 Å². The molecule has 1 spiro atoms. The molecule has 2 fully saturated rings. The van der Waals surface area contributed by atoms with Crippen LogP contribution in [0.2, 0.25) is 0 Å². The number of esters is 1. The molecule has 1 saturated carbocycles. The van der Waals surface area contributed by atoms with Crippen LogP contribution in [0.1, 0.15) is 47.3 Å². The number of methoxy groups -OCH3 is 1. The summed E-state index contributed by atoms with van der Waals surface area (Å²) < 4.78 is 4.90. The van der Waals surface area contributed by atoms with Gasteiger partial charge in [0.05, 0.1) is 18.6 Å². The number of piperidine rings is 1. The molecule has 2 atom stereocenters. The number of ether oxygens (including phenoxy) is 1. The Labute approximate surface area is 150 Å². The third-order valence-corrected chi connectivity index (χ3v) is 7.02. The number of rotatable bonds is 2. The van der Waals surface area contributed by atoms with Crippen LogP contribution in [0, 0.1) is 12.3 Å². The van der Waals surface area contributed by atoms with Gasteiger partial charge in [-0.05, 0) is 38.2 Å². The molecular weight excluding hydrogens is 338 g/mol. The SMILES string of the molecule is COC(=O)c1sc2ncnc(N3CCC[C@@]4(CCC[C@H]4O)C3)c2c1C. The molecular formula is C18H23N3O3S. The number of hydrogen-bond donors (Lipinski definition) is 1. The van der Waals surface area contributed by atoms with Crippen molar-refractivity contribution >= 4 is 33.3 Å². The summed E-state index contributed by atoms with van der Waals surface area (Å²) >= 11 is 1.36. The largest absolute Gasteiger partial charge is 0.465 e. The van der Waals surface area contributed by atoms with Crippen molar-refractivity contribution in [3.8, 4) is 0 Å². The van der Waals surface area contributed by atoms with Crippen molar-refractivity contribution in [1.82, 2.24) is 9.97 Å². The maximum absolute atomic E-state index is 12.0. The second-order valence-corrected chi connectivity index (χ2v) is 8.22. The van der Waals surface area contributed by atoms with Crippen molar-refractivity contribution in [2.45, 2.75) is 45.1 Å². The Morgan fingerprint density at radius 2 is 2.20 bits per heavy atom. The van der Waals surface area contributed by atoms with E-state index >= 15 is 0 Å². The number of hydrogen-bond acceptors (Lipinski definition) is 7. The molecule has 7 heteroatoms. The highest BCUT2D eigenvalue weighted by Gasteiger charge is 2.45. The zero-order valence-electron chi connectivity index (χ0n) is 14.6. The first-order chi connectivity index (χ1) is 12.1. The second kappa shape index (κ2) is 6.21. The third-order valence-electron chi connectivity index (χ3n) is 5.84. The topological polar surface area (TPSA) is 75.5 Å². The van der Waals surface area contributed by atoms with E-state index in [-0.39, 0.29) is 17.5 Å². The molecule has 1 aliphatic heterocycles. The van der Waals surface area contributed by atoms with Crippen LogP contribution >= 0.6 is 11.3 Å². The maximum atomic E-state index is 12.0. The minimum atomic E-state index is -0.326. The van der Waals surface area contributed by atoms with E-state index < -0.39 is 0 Å². The van der Waals surface area contributed by atoms with Crippen LogP contribution in [0.3, 0.4) is 0 Å². The van der Waals surface area contributed by atoms with Crippen LogP contribution in [-0.4, -0.2) is 47.3 Å². The fraction of sp³-hybridized carbons (Fsp3) is 0.611. The van der Waals surface area contributed by atoms with Crippen LogP contribution in [0.4, 0.5) is 5.82 Å². The van der Waals surface area contributed by atoms with Crippen molar-refractivity contribution in [3.05, 3.63) is 16.8 Å². The van der Waals surface area contributed by atoms with Gasteiger partial charge in [0.2, 0.25) is 0 Å². The molecule has 2 aromatic heterocycles. The predicted octanol–water partition coefficient (Wildman–Crippen LogP) is 2.92. The first-order valence-corrected chi connectivity index (χ1v) is 9.63. The van der Waals surface area contributed by atoms with Gasteiger partial charge in [0, 0.05) is 18.5 Å². The molecule has 0 bridgehead atoms. The van der Waals surface area contributed by atoms with Gasteiger partial charge in [0.15, 0.2) is 0 Å². The molecule has 2 aliphatic rings. The number of carbonyl (C=O) groups is 1. The number of anilines is 1. The van der Waals surface area contributed by atoms with Gasteiger partial charge in [-0.25, -0.2) is 14.8 Å². The summed E-state index contributed by atoms with van der Waals surface area (Å²) in [5.41, 5.74) is 0.874. The zero-order chi connectivity index (χ0) is 17.6. The fourth-order valence-corrected chi connectivity index (χ4v) is 5.58. The first-order valence-electron chi connectivity index (χ1n) is 8.81. The Kier molecular flexibility index (Phi) is 4.16. The molecule has 0 amide bonds. The Morgan fingerprint density at radius 3 is 2.92 bits per heavy atom. The van der Waals surface area contributed by atoms with Crippen LogP contribution in [-0.2, 0) is 4.74 Å². The van der Waals surface area contributed by atoms with E-state index in [2.05, 4.69) is 14.9 Å². The summed E-state index contributed by atoms with van der Waals surface area (Å²) in [5.74, 6) is 0.555. The number of fused-ring (bicyclic) bond motifs is 1. The van der Waals surface area contributed by atoms with Crippen molar-refractivity contribution < 1.29 is 14.6 Å². The van der Waals surface area contributed by atoms with Crippen LogP contribution in [0.5, 0.6) is 0 Å². The highest BCUT2D eigenvalue weighted by Crippen LogP contribution is 2.46. The van der Waals surface area contributed by atoms with Gasteiger partial charge < -0.3 is 14.7 Å². The number of carbonyl (C=O) groups excluding carboxylic acids is 1. The quantitative estimate of drug-likeness (QED) is 0.829. The summed E-state index contributed by atoms with van der Waals surface area (Å²) in [5, 5.41) is 11.5. The van der Waals surface area contributed by atoms with Gasteiger partial charge in [0.25, 0.3) is 0 Å². The van der Waals surface area contributed by atoms with Crippen LogP contribution in [0.25, 0.3) is 10.2 Å². The smallest absolute Gasteiger partial charge is 0.348 e. The summed E-state index contributed by atoms with van der Waals surface area (Å²) in [6, 6.07) is 0. The fourth-order valence-electron chi connectivity index (χ4n) is 4.52. The number of aryl methyl sites for hydroxylation is 1. The molecule has 4 rings (SSSR count). The van der Waals surface area contributed by atoms with Gasteiger partial charge in [-0.1, -0.05) is 6.42 Å². The third kappa shape index (κ3) is 2.60. The summed E-state index contributed by atoms with van der Waals surface area (Å²) in [4.78, 5) is 24.6.